The summed E-state index contributed by atoms with van der Waals surface area (Å²) in [4.78, 5) is 36.4. The van der Waals surface area contributed by atoms with Gasteiger partial charge in [0.1, 0.15) is 4.88 Å². The number of rotatable bonds is 7. The number of fused-ring (bicyclic) bond motifs is 1. The van der Waals surface area contributed by atoms with Crippen molar-refractivity contribution in [2.75, 3.05) is 20.3 Å². The van der Waals surface area contributed by atoms with Crippen molar-refractivity contribution in [2.45, 2.75) is 39.0 Å². The highest BCUT2D eigenvalue weighted by Gasteiger charge is 2.21. The van der Waals surface area contributed by atoms with Crippen molar-refractivity contribution >= 4 is 29.2 Å². The summed E-state index contributed by atoms with van der Waals surface area (Å²) in [6.07, 6.45) is 3.89. The van der Waals surface area contributed by atoms with Crippen LogP contribution >= 0.6 is 11.3 Å². The lowest BCUT2D eigenvalue weighted by Gasteiger charge is -2.16. The molecule has 1 aliphatic rings. The fourth-order valence-corrected chi connectivity index (χ4v) is 3.72. The van der Waals surface area contributed by atoms with Gasteiger partial charge in [-0.15, -0.1) is 11.3 Å². The molecule has 0 aliphatic heterocycles. The average molecular weight is 353 g/mol. The molecular weight excluding hydrogens is 330 g/mol. The number of thiophene rings is 1. The van der Waals surface area contributed by atoms with Crippen molar-refractivity contribution in [3.8, 4) is 0 Å². The van der Waals surface area contributed by atoms with Crippen LogP contribution in [0.1, 0.15) is 46.3 Å². The second-order valence-corrected chi connectivity index (χ2v) is 7.15. The molecule has 0 aromatic carbocycles. The molecule has 1 atom stereocenters. The first kappa shape index (κ1) is 18.4. The molecule has 1 amide bonds. The molecule has 0 saturated heterocycles. The normalized spacial score (nSPS) is 16.2. The van der Waals surface area contributed by atoms with Crippen LogP contribution in [0.15, 0.2) is 6.07 Å². The van der Waals surface area contributed by atoms with Gasteiger partial charge >= 0.3 is 11.9 Å². The molecule has 6 nitrogen and oxygen atoms in total. The van der Waals surface area contributed by atoms with Gasteiger partial charge in [0.25, 0.3) is 5.91 Å². The van der Waals surface area contributed by atoms with Gasteiger partial charge in [0, 0.05) is 17.8 Å². The molecule has 132 valence electrons. The average Bonchev–Trinajstić information content (AvgIpc) is 2.99. The summed E-state index contributed by atoms with van der Waals surface area (Å²) in [5, 5.41) is 2.60. The first-order valence-corrected chi connectivity index (χ1v) is 8.93. The Kier molecular flexibility index (Phi) is 6.78. The van der Waals surface area contributed by atoms with Crippen LogP contribution in [0.25, 0.3) is 0 Å². The minimum atomic E-state index is -0.452. The fraction of sp³-hybridized carbons (Fsp3) is 0.588. The van der Waals surface area contributed by atoms with Crippen molar-refractivity contribution in [3.05, 3.63) is 21.4 Å². The predicted molar refractivity (Wildman–Crippen MR) is 90.1 cm³/mol. The molecular formula is C17H23NO5S. The van der Waals surface area contributed by atoms with Crippen molar-refractivity contribution in [3.63, 3.8) is 0 Å². The highest BCUT2D eigenvalue weighted by Crippen LogP contribution is 2.32. The summed E-state index contributed by atoms with van der Waals surface area (Å²) in [5.74, 6) is -0.492. The third kappa shape index (κ3) is 5.33. The van der Waals surface area contributed by atoms with E-state index in [4.69, 9.17) is 4.74 Å². The SMILES string of the molecule is COC(=O)CCCNC(=O)COC(=O)c1cc2c(s1)CC[C@@H](C)C2. The monoisotopic (exact) mass is 353 g/mol. The number of carbonyl (C=O) groups is 3. The Labute approximate surface area is 145 Å². The van der Waals surface area contributed by atoms with E-state index >= 15 is 0 Å². The van der Waals surface area contributed by atoms with E-state index in [-0.39, 0.29) is 24.9 Å². The second-order valence-electron chi connectivity index (χ2n) is 6.01. The van der Waals surface area contributed by atoms with E-state index in [1.807, 2.05) is 6.07 Å². The van der Waals surface area contributed by atoms with E-state index < -0.39 is 5.97 Å². The smallest absolute Gasteiger partial charge is 0.348 e. The standard InChI is InChI=1S/C17H23NO5S/c1-11-5-6-13-12(8-11)9-14(24-13)17(21)23-10-15(19)18-7-3-4-16(20)22-2/h9,11H,3-8,10H2,1-2H3,(H,18,19)/t11-/m1/s1. The Bertz CT molecular complexity index is 610. The van der Waals surface area contributed by atoms with Crippen LogP contribution in [0.2, 0.25) is 0 Å². The summed E-state index contributed by atoms with van der Waals surface area (Å²) in [7, 11) is 1.32. The Morgan fingerprint density at radius 2 is 2.17 bits per heavy atom. The molecule has 7 heteroatoms. The molecule has 1 N–H and O–H groups in total. The van der Waals surface area contributed by atoms with Crippen LogP contribution in [0.4, 0.5) is 0 Å². The summed E-state index contributed by atoms with van der Waals surface area (Å²) in [6.45, 7) is 2.25. The van der Waals surface area contributed by atoms with Gasteiger partial charge in [0.05, 0.1) is 7.11 Å². The Morgan fingerprint density at radius 1 is 1.38 bits per heavy atom. The summed E-state index contributed by atoms with van der Waals surface area (Å²) in [5.41, 5.74) is 1.23. The number of hydrogen-bond donors (Lipinski definition) is 1. The maximum atomic E-state index is 12.1. The molecule has 1 aliphatic carbocycles. The van der Waals surface area contributed by atoms with E-state index in [9.17, 15) is 14.4 Å². The van der Waals surface area contributed by atoms with Crippen LogP contribution in [-0.4, -0.2) is 38.1 Å². The van der Waals surface area contributed by atoms with E-state index in [0.717, 1.165) is 19.3 Å². The predicted octanol–water partition coefficient (Wildman–Crippen LogP) is 2.10. The van der Waals surface area contributed by atoms with Gasteiger partial charge in [-0.05, 0) is 43.2 Å². The zero-order chi connectivity index (χ0) is 17.5. The lowest BCUT2D eigenvalue weighted by molar-refractivity contribution is -0.140. The Hall–Kier alpha value is -1.89. The Balaban J connectivity index is 1.71. The van der Waals surface area contributed by atoms with E-state index in [0.29, 0.717) is 23.8 Å². The second kappa shape index (κ2) is 8.82. The van der Waals surface area contributed by atoms with Gasteiger partial charge in [-0.2, -0.15) is 0 Å². The third-order valence-corrected chi connectivity index (χ3v) is 5.19. The molecule has 0 bridgehead atoms. The van der Waals surface area contributed by atoms with Gasteiger partial charge in [-0.1, -0.05) is 6.92 Å². The van der Waals surface area contributed by atoms with Crippen LogP contribution in [0.3, 0.4) is 0 Å². The number of aryl methyl sites for hydroxylation is 1. The molecule has 1 heterocycles. The molecule has 0 spiro atoms. The molecule has 1 aromatic heterocycles. The topological polar surface area (TPSA) is 81.7 Å². The van der Waals surface area contributed by atoms with Crippen LogP contribution in [-0.2, 0) is 31.9 Å². The van der Waals surface area contributed by atoms with Crippen LogP contribution in [0, 0.1) is 5.92 Å². The first-order valence-electron chi connectivity index (χ1n) is 8.11. The number of amides is 1. The minimum Gasteiger partial charge on any atom is -0.469 e. The molecule has 24 heavy (non-hydrogen) atoms. The van der Waals surface area contributed by atoms with Gasteiger partial charge in [-0.25, -0.2) is 4.79 Å². The maximum Gasteiger partial charge on any atom is 0.348 e. The lowest BCUT2D eigenvalue weighted by atomic mass is 9.90. The van der Waals surface area contributed by atoms with Crippen molar-refractivity contribution < 1.29 is 23.9 Å². The minimum absolute atomic E-state index is 0.246. The molecule has 1 aromatic rings. The zero-order valence-corrected chi connectivity index (χ0v) is 14.9. The van der Waals surface area contributed by atoms with Gasteiger partial charge in [0.15, 0.2) is 6.61 Å². The van der Waals surface area contributed by atoms with E-state index in [2.05, 4.69) is 17.0 Å². The van der Waals surface area contributed by atoms with Gasteiger partial charge in [0.2, 0.25) is 0 Å². The van der Waals surface area contributed by atoms with Crippen molar-refractivity contribution in [2.24, 2.45) is 5.92 Å². The summed E-state index contributed by atoms with van der Waals surface area (Å²) >= 11 is 1.47. The number of nitrogens with one attached hydrogen (secondary N) is 1. The first-order chi connectivity index (χ1) is 11.5. The van der Waals surface area contributed by atoms with Crippen LogP contribution in [0.5, 0.6) is 0 Å². The largest absolute Gasteiger partial charge is 0.469 e. The number of esters is 2. The number of ether oxygens (including phenoxy) is 2. The van der Waals surface area contributed by atoms with Crippen molar-refractivity contribution in [1.82, 2.24) is 5.32 Å². The molecule has 0 unspecified atom stereocenters. The maximum absolute atomic E-state index is 12.1. The number of carbonyl (C=O) groups excluding carboxylic acids is 3. The Morgan fingerprint density at radius 3 is 2.92 bits per heavy atom. The highest BCUT2D eigenvalue weighted by molar-refractivity contribution is 7.14. The molecule has 0 saturated carbocycles. The molecule has 2 rings (SSSR count). The lowest BCUT2D eigenvalue weighted by Crippen LogP contribution is -2.29. The fourth-order valence-electron chi connectivity index (χ4n) is 2.62. The molecule has 0 fully saturated rings. The van der Waals surface area contributed by atoms with Gasteiger partial charge in [-0.3, -0.25) is 9.59 Å². The number of methoxy groups -OCH3 is 1. The summed E-state index contributed by atoms with van der Waals surface area (Å²) in [6, 6.07) is 1.90. The zero-order valence-electron chi connectivity index (χ0n) is 14.1. The quantitative estimate of drug-likeness (QED) is 0.600. The summed E-state index contributed by atoms with van der Waals surface area (Å²) < 4.78 is 9.57. The van der Waals surface area contributed by atoms with Gasteiger partial charge < -0.3 is 14.8 Å². The third-order valence-electron chi connectivity index (χ3n) is 3.97. The van der Waals surface area contributed by atoms with E-state index in [1.165, 1.54) is 28.9 Å². The highest BCUT2D eigenvalue weighted by atomic mass is 32.1. The number of hydrogen-bond acceptors (Lipinski definition) is 6. The van der Waals surface area contributed by atoms with Crippen molar-refractivity contribution in [1.29, 1.82) is 0 Å². The van der Waals surface area contributed by atoms with E-state index in [1.54, 1.807) is 0 Å². The van der Waals surface area contributed by atoms with Crippen LogP contribution < -0.4 is 5.32 Å². The molecule has 0 radical (unpaired) electrons.